The Balaban J connectivity index is 1.61. The van der Waals surface area contributed by atoms with Crippen molar-refractivity contribution in [3.63, 3.8) is 0 Å². The number of rotatable bonds is 3. The molecule has 1 aromatic heterocycles. The summed E-state index contributed by atoms with van der Waals surface area (Å²) in [5, 5.41) is 3.09. The molecule has 0 aliphatic carbocycles. The van der Waals surface area contributed by atoms with Crippen molar-refractivity contribution in [2.24, 2.45) is 5.92 Å². The Hall–Kier alpha value is -1.53. The standard InChI is InChI=1S/C18H28N2O4/c1-12-10-16(14(3)24-12)13(2)19-17(21)20-7-5-6-15(11-20)18(4)22-8-9-23-18/h10,13,15H,5-9,11H2,1-4H3,(H,19,21)/t13-,15-/m1/s1. The molecule has 0 spiro atoms. The van der Waals surface area contributed by atoms with Gasteiger partial charge in [0.2, 0.25) is 0 Å². The molecule has 6 nitrogen and oxygen atoms in total. The molecule has 2 aliphatic rings. The Labute approximate surface area is 143 Å². The molecule has 1 aromatic rings. The van der Waals surface area contributed by atoms with Crippen LogP contribution in [0.4, 0.5) is 4.79 Å². The van der Waals surface area contributed by atoms with Gasteiger partial charge in [-0.3, -0.25) is 0 Å². The minimum Gasteiger partial charge on any atom is -0.466 e. The van der Waals surface area contributed by atoms with Gasteiger partial charge in [-0.05, 0) is 46.6 Å². The number of nitrogens with zero attached hydrogens (tertiary/aromatic N) is 1. The molecule has 0 bridgehead atoms. The second-order valence-electron chi connectivity index (χ2n) is 7.04. The quantitative estimate of drug-likeness (QED) is 0.921. The van der Waals surface area contributed by atoms with Gasteiger partial charge in [-0.25, -0.2) is 4.79 Å². The van der Waals surface area contributed by atoms with Gasteiger partial charge in [0.1, 0.15) is 11.5 Å². The van der Waals surface area contributed by atoms with Crippen molar-refractivity contribution in [1.29, 1.82) is 0 Å². The average molecular weight is 336 g/mol. The molecule has 134 valence electrons. The molecule has 0 aromatic carbocycles. The van der Waals surface area contributed by atoms with Crippen LogP contribution in [0.3, 0.4) is 0 Å². The van der Waals surface area contributed by atoms with Gasteiger partial charge in [0.05, 0.1) is 19.3 Å². The smallest absolute Gasteiger partial charge is 0.317 e. The van der Waals surface area contributed by atoms with Crippen LogP contribution in [0.5, 0.6) is 0 Å². The second kappa shape index (κ2) is 6.76. The zero-order chi connectivity index (χ0) is 17.3. The number of furan rings is 1. The van der Waals surface area contributed by atoms with Crippen molar-refractivity contribution < 1.29 is 18.7 Å². The third-order valence-electron chi connectivity index (χ3n) is 5.20. The van der Waals surface area contributed by atoms with Crippen LogP contribution in [0.15, 0.2) is 10.5 Å². The normalized spacial score (nSPS) is 24.8. The van der Waals surface area contributed by atoms with Gasteiger partial charge in [-0.15, -0.1) is 0 Å². The number of carbonyl (C=O) groups excluding carboxylic acids is 1. The molecule has 2 aliphatic heterocycles. The zero-order valence-electron chi connectivity index (χ0n) is 15.1. The highest BCUT2D eigenvalue weighted by molar-refractivity contribution is 5.74. The number of hydrogen-bond donors (Lipinski definition) is 1. The Morgan fingerprint density at radius 1 is 1.38 bits per heavy atom. The van der Waals surface area contributed by atoms with Gasteiger partial charge >= 0.3 is 6.03 Å². The summed E-state index contributed by atoms with van der Waals surface area (Å²) in [5.74, 6) is 1.39. The molecule has 3 heterocycles. The topological polar surface area (TPSA) is 63.9 Å². The summed E-state index contributed by atoms with van der Waals surface area (Å²) < 4.78 is 17.1. The van der Waals surface area contributed by atoms with E-state index in [1.54, 1.807) is 0 Å². The van der Waals surface area contributed by atoms with Gasteiger partial charge in [0.15, 0.2) is 5.79 Å². The number of nitrogens with one attached hydrogen (secondary N) is 1. The maximum atomic E-state index is 12.7. The van der Waals surface area contributed by atoms with E-state index in [1.165, 1.54) is 0 Å². The van der Waals surface area contributed by atoms with Crippen LogP contribution in [0, 0.1) is 19.8 Å². The van der Waals surface area contributed by atoms with E-state index in [2.05, 4.69) is 5.32 Å². The molecule has 0 radical (unpaired) electrons. The molecule has 2 fully saturated rings. The first-order chi connectivity index (χ1) is 11.4. The van der Waals surface area contributed by atoms with Gasteiger partial charge in [0, 0.05) is 24.6 Å². The van der Waals surface area contributed by atoms with Crippen LogP contribution in [-0.4, -0.2) is 43.0 Å². The van der Waals surface area contributed by atoms with Gasteiger partial charge < -0.3 is 24.1 Å². The number of hydrogen-bond acceptors (Lipinski definition) is 4. The van der Waals surface area contributed by atoms with Gasteiger partial charge in [-0.1, -0.05) is 0 Å². The van der Waals surface area contributed by atoms with E-state index in [9.17, 15) is 4.79 Å². The van der Waals surface area contributed by atoms with Crippen LogP contribution in [0.2, 0.25) is 0 Å². The highest BCUT2D eigenvalue weighted by Gasteiger charge is 2.42. The average Bonchev–Trinajstić information content (AvgIpc) is 3.14. The molecule has 24 heavy (non-hydrogen) atoms. The van der Waals surface area contributed by atoms with E-state index in [0.717, 1.165) is 36.5 Å². The van der Waals surface area contributed by atoms with Crippen molar-refractivity contribution in [1.82, 2.24) is 10.2 Å². The molecule has 0 unspecified atom stereocenters. The molecule has 3 rings (SSSR count). The number of carbonyl (C=O) groups is 1. The lowest BCUT2D eigenvalue weighted by Gasteiger charge is -2.40. The summed E-state index contributed by atoms with van der Waals surface area (Å²) in [6, 6.07) is 1.87. The predicted octanol–water partition coefficient (Wildman–Crippen LogP) is 3.14. The Morgan fingerprint density at radius 3 is 2.71 bits per heavy atom. The second-order valence-corrected chi connectivity index (χ2v) is 7.04. The van der Waals surface area contributed by atoms with Crippen molar-refractivity contribution in [3.8, 4) is 0 Å². The van der Waals surface area contributed by atoms with Crippen molar-refractivity contribution in [3.05, 3.63) is 23.2 Å². The Bertz CT molecular complexity index is 592. The zero-order valence-corrected chi connectivity index (χ0v) is 15.1. The van der Waals surface area contributed by atoms with Crippen LogP contribution >= 0.6 is 0 Å². The van der Waals surface area contributed by atoms with Crippen LogP contribution in [-0.2, 0) is 9.47 Å². The number of ether oxygens (including phenoxy) is 2. The van der Waals surface area contributed by atoms with E-state index in [-0.39, 0.29) is 18.0 Å². The van der Waals surface area contributed by atoms with E-state index >= 15 is 0 Å². The molecular weight excluding hydrogens is 308 g/mol. The van der Waals surface area contributed by atoms with E-state index in [1.807, 2.05) is 38.7 Å². The molecule has 1 N–H and O–H groups in total. The molecular formula is C18H28N2O4. The largest absolute Gasteiger partial charge is 0.466 e. The maximum absolute atomic E-state index is 12.7. The summed E-state index contributed by atoms with van der Waals surface area (Å²) in [6.45, 7) is 10.5. The van der Waals surface area contributed by atoms with Crippen molar-refractivity contribution in [2.45, 2.75) is 52.4 Å². The fourth-order valence-electron chi connectivity index (χ4n) is 3.79. The summed E-state index contributed by atoms with van der Waals surface area (Å²) in [5.41, 5.74) is 1.03. The minimum absolute atomic E-state index is 0.0351. The predicted molar refractivity (Wildman–Crippen MR) is 89.7 cm³/mol. The molecule has 2 atom stereocenters. The first-order valence-electron chi connectivity index (χ1n) is 8.79. The van der Waals surface area contributed by atoms with Crippen molar-refractivity contribution >= 4 is 6.03 Å². The lowest BCUT2D eigenvalue weighted by molar-refractivity contribution is -0.189. The third-order valence-corrected chi connectivity index (χ3v) is 5.20. The lowest BCUT2D eigenvalue weighted by atomic mass is 9.90. The number of aryl methyl sites for hydroxylation is 2. The van der Waals surface area contributed by atoms with Crippen molar-refractivity contribution in [2.75, 3.05) is 26.3 Å². The summed E-state index contributed by atoms with van der Waals surface area (Å²) in [6.07, 6.45) is 1.99. The first kappa shape index (κ1) is 17.3. The maximum Gasteiger partial charge on any atom is 0.317 e. The summed E-state index contributed by atoms with van der Waals surface area (Å²) in [7, 11) is 0. The van der Waals surface area contributed by atoms with E-state index < -0.39 is 5.79 Å². The van der Waals surface area contributed by atoms with Crippen LogP contribution in [0.1, 0.15) is 49.8 Å². The third kappa shape index (κ3) is 3.44. The van der Waals surface area contributed by atoms with Crippen LogP contribution < -0.4 is 5.32 Å². The molecule has 2 saturated heterocycles. The molecule has 0 saturated carbocycles. The van der Waals surface area contributed by atoms with Gasteiger partial charge in [0.25, 0.3) is 0 Å². The molecule has 2 amide bonds. The lowest BCUT2D eigenvalue weighted by Crippen LogP contribution is -2.51. The SMILES string of the molecule is Cc1cc([C@@H](C)NC(=O)N2CCC[C@@H](C3(C)OCCO3)C2)c(C)o1. The Morgan fingerprint density at radius 2 is 2.08 bits per heavy atom. The van der Waals surface area contributed by atoms with E-state index in [0.29, 0.717) is 19.8 Å². The number of amides is 2. The molecule has 6 heteroatoms. The highest BCUT2D eigenvalue weighted by Crippen LogP contribution is 2.34. The number of likely N-dealkylation sites (tertiary alicyclic amines) is 1. The fraction of sp³-hybridized carbons (Fsp3) is 0.722. The fourth-order valence-corrected chi connectivity index (χ4v) is 3.79. The van der Waals surface area contributed by atoms with Gasteiger partial charge in [-0.2, -0.15) is 0 Å². The number of urea groups is 1. The highest BCUT2D eigenvalue weighted by atomic mass is 16.7. The van der Waals surface area contributed by atoms with Crippen LogP contribution in [0.25, 0.3) is 0 Å². The summed E-state index contributed by atoms with van der Waals surface area (Å²) >= 11 is 0. The van der Waals surface area contributed by atoms with E-state index in [4.69, 9.17) is 13.9 Å². The summed E-state index contributed by atoms with van der Waals surface area (Å²) in [4.78, 5) is 14.5. The minimum atomic E-state index is -0.553. The number of piperidine rings is 1. The monoisotopic (exact) mass is 336 g/mol. The first-order valence-corrected chi connectivity index (χ1v) is 8.79. The Kier molecular flexibility index (Phi) is 4.88.